The molecule has 1 aliphatic carbocycles. The lowest BCUT2D eigenvalue weighted by molar-refractivity contribution is 0.0557. The molecule has 19 heavy (non-hydrogen) atoms. The minimum absolute atomic E-state index is 0.261. The van der Waals surface area contributed by atoms with Crippen LogP contribution < -0.4 is 10.6 Å². The maximum absolute atomic E-state index is 10.5. The number of nitrogen functional groups attached to an aromatic ring is 1. The Morgan fingerprint density at radius 3 is 2.58 bits per heavy atom. The fourth-order valence-electron chi connectivity index (χ4n) is 2.97. The Hall–Kier alpha value is -1.36. The van der Waals surface area contributed by atoms with E-state index in [9.17, 15) is 5.11 Å². The normalized spacial score (nSPS) is 17.9. The second kappa shape index (κ2) is 5.33. The van der Waals surface area contributed by atoms with Gasteiger partial charge in [0.25, 0.3) is 0 Å². The number of aromatic nitrogens is 2. The number of likely N-dealkylation sites (N-methyl/N-ethyl adjacent to an activating group) is 1. The van der Waals surface area contributed by atoms with Gasteiger partial charge in [0, 0.05) is 19.2 Å². The van der Waals surface area contributed by atoms with Crippen LogP contribution in [0.1, 0.15) is 51.0 Å². The molecule has 1 aromatic heterocycles. The van der Waals surface area contributed by atoms with Crippen LogP contribution in [0, 0.1) is 0 Å². The Kier molecular flexibility index (Phi) is 3.94. The molecule has 0 bridgehead atoms. The van der Waals surface area contributed by atoms with Gasteiger partial charge in [0.1, 0.15) is 18.0 Å². The maximum atomic E-state index is 10.5. The van der Waals surface area contributed by atoms with Gasteiger partial charge in [-0.15, -0.1) is 0 Å². The van der Waals surface area contributed by atoms with Crippen molar-refractivity contribution in [3.8, 4) is 0 Å². The molecule has 1 aromatic rings. The van der Waals surface area contributed by atoms with Gasteiger partial charge in [-0.25, -0.2) is 9.97 Å². The molecule has 5 heteroatoms. The minimum atomic E-state index is -0.581. The first-order valence-electron chi connectivity index (χ1n) is 6.97. The number of hydrogen-bond donors (Lipinski definition) is 2. The highest BCUT2D eigenvalue weighted by Crippen LogP contribution is 2.33. The van der Waals surface area contributed by atoms with Crippen molar-refractivity contribution in [2.45, 2.75) is 51.0 Å². The van der Waals surface area contributed by atoms with E-state index in [1.165, 1.54) is 6.33 Å². The van der Waals surface area contributed by atoms with Crippen LogP contribution in [0.2, 0.25) is 0 Å². The van der Waals surface area contributed by atoms with E-state index in [2.05, 4.69) is 23.8 Å². The molecule has 0 aliphatic heterocycles. The Morgan fingerprint density at radius 2 is 2.00 bits per heavy atom. The highest BCUT2D eigenvalue weighted by Gasteiger charge is 2.33. The summed E-state index contributed by atoms with van der Waals surface area (Å²) < 4.78 is 0. The van der Waals surface area contributed by atoms with Gasteiger partial charge in [0.15, 0.2) is 0 Å². The third-order valence-corrected chi connectivity index (χ3v) is 3.90. The van der Waals surface area contributed by atoms with E-state index in [0.717, 1.165) is 37.1 Å². The van der Waals surface area contributed by atoms with E-state index in [1.54, 1.807) is 0 Å². The maximum Gasteiger partial charge on any atom is 0.137 e. The zero-order chi connectivity index (χ0) is 14.0. The molecule has 0 atom stereocenters. The van der Waals surface area contributed by atoms with Crippen molar-refractivity contribution in [3.63, 3.8) is 0 Å². The van der Waals surface area contributed by atoms with Crippen LogP contribution in [0.3, 0.4) is 0 Å². The monoisotopic (exact) mass is 264 g/mol. The summed E-state index contributed by atoms with van der Waals surface area (Å²) in [7, 11) is 1.96. The average molecular weight is 264 g/mol. The first-order valence-corrected chi connectivity index (χ1v) is 6.97. The number of anilines is 2. The molecule has 0 amide bonds. The third kappa shape index (κ3) is 2.97. The number of aliphatic hydroxyl groups is 1. The fraction of sp³-hybridized carbons (Fsp3) is 0.714. The Labute approximate surface area is 114 Å². The van der Waals surface area contributed by atoms with E-state index in [0.29, 0.717) is 12.4 Å². The second-order valence-electron chi connectivity index (χ2n) is 5.94. The summed E-state index contributed by atoms with van der Waals surface area (Å²) in [4.78, 5) is 10.4. The molecule has 3 N–H and O–H groups in total. The summed E-state index contributed by atoms with van der Waals surface area (Å²) >= 11 is 0. The van der Waals surface area contributed by atoms with Gasteiger partial charge in [-0.3, -0.25) is 0 Å². The van der Waals surface area contributed by atoms with Crippen molar-refractivity contribution in [2.24, 2.45) is 0 Å². The molecule has 0 spiro atoms. The van der Waals surface area contributed by atoms with Gasteiger partial charge < -0.3 is 15.7 Å². The third-order valence-electron chi connectivity index (χ3n) is 3.90. The molecule has 0 unspecified atom stereocenters. The largest absolute Gasteiger partial charge is 0.388 e. The van der Waals surface area contributed by atoms with E-state index in [4.69, 9.17) is 5.73 Å². The predicted octanol–water partition coefficient (Wildman–Crippen LogP) is 1.92. The number of nitrogens with zero attached hydrogens (tertiary/aromatic N) is 3. The molecule has 1 fully saturated rings. The lowest BCUT2D eigenvalue weighted by Crippen LogP contribution is -2.40. The topological polar surface area (TPSA) is 75.3 Å². The molecule has 2 rings (SSSR count). The molecular weight excluding hydrogens is 240 g/mol. The quantitative estimate of drug-likeness (QED) is 0.869. The van der Waals surface area contributed by atoms with Crippen LogP contribution in [0.25, 0.3) is 0 Å². The zero-order valence-electron chi connectivity index (χ0n) is 12.1. The van der Waals surface area contributed by atoms with Crippen LogP contribution >= 0.6 is 0 Å². The highest BCUT2D eigenvalue weighted by molar-refractivity contribution is 5.58. The van der Waals surface area contributed by atoms with E-state index in [1.807, 2.05) is 11.9 Å². The molecule has 1 saturated carbocycles. The minimum Gasteiger partial charge on any atom is -0.388 e. The lowest BCUT2D eigenvalue weighted by atomic mass is 10.0. The predicted molar refractivity (Wildman–Crippen MR) is 77.2 cm³/mol. The van der Waals surface area contributed by atoms with E-state index < -0.39 is 5.60 Å². The molecule has 5 nitrogen and oxygen atoms in total. The van der Waals surface area contributed by atoms with Crippen molar-refractivity contribution < 1.29 is 5.11 Å². The first-order chi connectivity index (χ1) is 8.93. The second-order valence-corrected chi connectivity index (χ2v) is 5.94. The van der Waals surface area contributed by atoms with E-state index >= 15 is 0 Å². The van der Waals surface area contributed by atoms with Gasteiger partial charge in [-0.2, -0.15) is 0 Å². The summed E-state index contributed by atoms with van der Waals surface area (Å²) in [6, 6.07) is 0. The number of rotatable bonds is 4. The summed E-state index contributed by atoms with van der Waals surface area (Å²) in [6.45, 7) is 4.76. The lowest BCUT2D eigenvalue weighted by Gasteiger charge is -2.31. The van der Waals surface area contributed by atoms with E-state index in [-0.39, 0.29) is 5.92 Å². The Balaban J connectivity index is 2.23. The van der Waals surface area contributed by atoms with Gasteiger partial charge >= 0.3 is 0 Å². The van der Waals surface area contributed by atoms with Crippen LogP contribution in [-0.4, -0.2) is 34.3 Å². The zero-order valence-corrected chi connectivity index (χ0v) is 12.1. The van der Waals surface area contributed by atoms with Crippen molar-refractivity contribution in [2.75, 3.05) is 24.2 Å². The Bertz CT molecular complexity index is 441. The number of nitrogens with two attached hydrogens (primary N) is 1. The van der Waals surface area contributed by atoms with Crippen molar-refractivity contribution >= 4 is 11.6 Å². The van der Waals surface area contributed by atoms with Gasteiger partial charge in [0.2, 0.25) is 0 Å². The summed E-state index contributed by atoms with van der Waals surface area (Å²) in [5, 5.41) is 10.5. The molecule has 1 heterocycles. The van der Waals surface area contributed by atoms with Crippen LogP contribution in [0.15, 0.2) is 6.33 Å². The van der Waals surface area contributed by atoms with Crippen molar-refractivity contribution in [1.82, 2.24) is 9.97 Å². The summed E-state index contributed by atoms with van der Waals surface area (Å²) in [5.74, 6) is 1.63. The van der Waals surface area contributed by atoms with Gasteiger partial charge in [-0.05, 0) is 18.8 Å². The first kappa shape index (κ1) is 14.1. The molecule has 0 saturated heterocycles. The standard InChI is InChI=1S/C14H24N4O/c1-10(2)11-12(15)16-9-17-13(11)18(3)8-14(19)6-4-5-7-14/h9-10,19H,4-8H2,1-3H3,(H2,15,16,17). The molecule has 106 valence electrons. The average Bonchev–Trinajstić information content (AvgIpc) is 2.74. The van der Waals surface area contributed by atoms with Crippen molar-refractivity contribution in [3.05, 3.63) is 11.9 Å². The molecule has 1 aliphatic rings. The molecule has 0 aromatic carbocycles. The summed E-state index contributed by atoms with van der Waals surface area (Å²) in [5.41, 5.74) is 6.34. The molecule has 0 radical (unpaired) electrons. The van der Waals surface area contributed by atoms with Crippen molar-refractivity contribution in [1.29, 1.82) is 0 Å². The fourth-order valence-corrected chi connectivity index (χ4v) is 2.97. The van der Waals surface area contributed by atoms with Gasteiger partial charge in [0.05, 0.1) is 5.60 Å². The van der Waals surface area contributed by atoms with Crippen LogP contribution in [0.4, 0.5) is 11.6 Å². The van der Waals surface area contributed by atoms with Crippen LogP contribution in [0.5, 0.6) is 0 Å². The van der Waals surface area contributed by atoms with Gasteiger partial charge in [-0.1, -0.05) is 26.7 Å². The SMILES string of the molecule is CC(C)c1c(N)ncnc1N(C)CC1(O)CCCC1. The Morgan fingerprint density at radius 1 is 1.37 bits per heavy atom. The number of hydrogen-bond acceptors (Lipinski definition) is 5. The highest BCUT2D eigenvalue weighted by atomic mass is 16.3. The molecular formula is C14H24N4O. The van der Waals surface area contributed by atoms with Crippen LogP contribution in [-0.2, 0) is 0 Å². The summed E-state index contributed by atoms with van der Waals surface area (Å²) in [6.07, 6.45) is 5.44. The smallest absolute Gasteiger partial charge is 0.137 e.